The highest BCUT2D eigenvalue weighted by Crippen LogP contribution is 2.24. The van der Waals surface area contributed by atoms with Gasteiger partial charge in [0.1, 0.15) is 5.51 Å². The fourth-order valence-corrected chi connectivity index (χ4v) is 2.51. The number of nitrogens with zero attached hydrogens (tertiary/aromatic N) is 3. The molecule has 1 aliphatic rings. The van der Waals surface area contributed by atoms with Gasteiger partial charge >= 0.3 is 0 Å². The second-order valence-electron chi connectivity index (χ2n) is 3.31. The molecule has 0 spiro atoms. The van der Waals surface area contributed by atoms with Gasteiger partial charge in [-0.25, -0.2) is 0 Å². The van der Waals surface area contributed by atoms with E-state index in [0.717, 1.165) is 24.1 Å². The third kappa shape index (κ3) is 2.11. The molecule has 3 nitrogen and oxygen atoms in total. The highest BCUT2D eigenvalue weighted by atomic mass is 35.5. The fraction of sp³-hybridized carbons (Fsp3) is 0.750. The zero-order valence-electron chi connectivity index (χ0n) is 7.32. The summed E-state index contributed by atoms with van der Waals surface area (Å²) >= 11 is 7.42. The predicted octanol–water partition coefficient (Wildman–Crippen LogP) is 1.99. The van der Waals surface area contributed by atoms with Crippen LogP contribution in [-0.2, 0) is 0 Å². The zero-order valence-corrected chi connectivity index (χ0v) is 8.89. The van der Waals surface area contributed by atoms with Crippen LogP contribution in [0, 0.1) is 5.92 Å². The van der Waals surface area contributed by atoms with Crippen LogP contribution in [0.4, 0.5) is 5.13 Å². The van der Waals surface area contributed by atoms with Gasteiger partial charge in [0.25, 0.3) is 0 Å². The van der Waals surface area contributed by atoms with Crippen LogP contribution in [0.3, 0.4) is 0 Å². The second-order valence-corrected chi connectivity index (χ2v) is 4.43. The van der Waals surface area contributed by atoms with Gasteiger partial charge < -0.3 is 4.90 Å². The molecule has 72 valence electrons. The molecule has 1 fully saturated rings. The summed E-state index contributed by atoms with van der Waals surface area (Å²) in [5, 5.41) is 8.94. The van der Waals surface area contributed by atoms with Crippen LogP contribution in [-0.4, -0.2) is 29.2 Å². The van der Waals surface area contributed by atoms with Crippen molar-refractivity contribution < 1.29 is 0 Å². The third-order valence-electron chi connectivity index (χ3n) is 2.45. The van der Waals surface area contributed by atoms with E-state index < -0.39 is 0 Å². The average molecular weight is 218 g/mol. The Bertz CT molecular complexity index is 244. The van der Waals surface area contributed by atoms with Crippen molar-refractivity contribution in [3.8, 4) is 0 Å². The maximum Gasteiger partial charge on any atom is 0.208 e. The number of hydrogen-bond acceptors (Lipinski definition) is 4. The number of halogens is 1. The molecular weight excluding hydrogens is 206 g/mol. The Hall–Kier alpha value is -0.350. The topological polar surface area (TPSA) is 29.0 Å². The summed E-state index contributed by atoms with van der Waals surface area (Å²) in [5.74, 6) is 1.50. The van der Waals surface area contributed by atoms with Crippen LogP contribution in [0.15, 0.2) is 5.51 Å². The summed E-state index contributed by atoms with van der Waals surface area (Å²) in [6.07, 6.45) is 2.37. The number of rotatable bonds is 2. The molecule has 0 amide bonds. The number of aromatic nitrogens is 2. The minimum Gasteiger partial charge on any atom is -0.347 e. The van der Waals surface area contributed by atoms with Crippen LogP contribution < -0.4 is 4.90 Å². The average Bonchev–Trinajstić information content (AvgIpc) is 2.71. The van der Waals surface area contributed by atoms with E-state index in [1.165, 1.54) is 12.8 Å². The van der Waals surface area contributed by atoms with Gasteiger partial charge in [0, 0.05) is 19.0 Å². The van der Waals surface area contributed by atoms with Gasteiger partial charge in [-0.1, -0.05) is 11.3 Å². The number of piperidine rings is 1. The summed E-state index contributed by atoms with van der Waals surface area (Å²) in [6, 6.07) is 0. The summed E-state index contributed by atoms with van der Waals surface area (Å²) in [7, 11) is 0. The van der Waals surface area contributed by atoms with E-state index in [1.807, 2.05) is 0 Å². The standard InChI is InChI=1S/C8H12ClN3S/c9-5-7-1-3-12(4-2-7)8-11-10-6-13-8/h6-7H,1-5H2. The molecule has 0 N–H and O–H groups in total. The van der Waals surface area contributed by atoms with Crippen molar-refractivity contribution in [2.24, 2.45) is 5.92 Å². The van der Waals surface area contributed by atoms with E-state index in [4.69, 9.17) is 11.6 Å². The highest BCUT2D eigenvalue weighted by Gasteiger charge is 2.19. The summed E-state index contributed by atoms with van der Waals surface area (Å²) < 4.78 is 0. The van der Waals surface area contributed by atoms with Crippen LogP contribution in [0.25, 0.3) is 0 Å². The molecule has 2 heterocycles. The lowest BCUT2D eigenvalue weighted by Gasteiger charge is -2.30. The monoisotopic (exact) mass is 217 g/mol. The van der Waals surface area contributed by atoms with Gasteiger partial charge in [0.05, 0.1) is 0 Å². The number of anilines is 1. The lowest BCUT2D eigenvalue weighted by Crippen LogP contribution is -2.34. The first-order valence-corrected chi connectivity index (χ1v) is 5.88. The Morgan fingerprint density at radius 2 is 2.31 bits per heavy atom. The van der Waals surface area contributed by atoms with E-state index >= 15 is 0 Å². The van der Waals surface area contributed by atoms with E-state index in [2.05, 4.69) is 15.1 Å². The summed E-state index contributed by atoms with van der Waals surface area (Å²) in [6.45, 7) is 2.15. The normalized spacial score (nSPS) is 19.3. The molecule has 0 unspecified atom stereocenters. The first kappa shape index (κ1) is 9.21. The summed E-state index contributed by atoms with van der Waals surface area (Å²) in [5.41, 5.74) is 1.78. The van der Waals surface area contributed by atoms with E-state index in [1.54, 1.807) is 16.8 Å². The molecule has 0 aliphatic carbocycles. The molecule has 0 radical (unpaired) electrons. The SMILES string of the molecule is ClCC1CCN(c2nncs2)CC1. The molecule has 1 aromatic rings. The zero-order chi connectivity index (χ0) is 9.10. The summed E-state index contributed by atoms with van der Waals surface area (Å²) in [4.78, 5) is 2.29. The smallest absolute Gasteiger partial charge is 0.208 e. The second kappa shape index (κ2) is 4.24. The van der Waals surface area contributed by atoms with E-state index in [9.17, 15) is 0 Å². The molecule has 0 saturated carbocycles. The van der Waals surface area contributed by atoms with Gasteiger partial charge in [-0.05, 0) is 18.8 Å². The minimum absolute atomic E-state index is 0.700. The van der Waals surface area contributed by atoms with Crippen molar-refractivity contribution in [2.45, 2.75) is 12.8 Å². The van der Waals surface area contributed by atoms with Gasteiger partial charge in [-0.15, -0.1) is 21.8 Å². The molecule has 1 saturated heterocycles. The largest absolute Gasteiger partial charge is 0.347 e. The third-order valence-corrected chi connectivity index (χ3v) is 3.64. The van der Waals surface area contributed by atoms with Crippen LogP contribution in [0.5, 0.6) is 0 Å². The van der Waals surface area contributed by atoms with Crippen molar-refractivity contribution in [1.82, 2.24) is 10.2 Å². The van der Waals surface area contributed by atoms with Crippen LogP contribution >= 0.6 is 22.9 Å². The Kier molecular flexibility index (Phi) is 3.01. The van der Waals surface area contributed by atoms with Gasteiger partial charge in [-0.3, -0.25) is 0 Å². The predicted molar refractivity (Wildman–Crippen MR) is 55.6 cm³/mol. The minimum atomic E-state index is 0.700. The first-order chi connectivity index (χ1) is 6.40. The van der Waals surface area contributed by atoms with Gasteiger partial charge in [0.2, 0.25) is 5.13 Å². The van der Waals surface area contributed by atoms with Crippen molar-refractivity contribution >= 4 is 28.1 Å². The molecule has 13 heavy (non-hydrogen) atoms. The van der Waals surface area contributed by atoms with Gasteiger partial charge in [-0.2, -0.15) is 0 Å². The van der Waals surface area contributed by atoms with E-state index in [0.29, 0.717) is 5.92 Å². The first-order valence-electron chi connectivity index (χ1n) is 4.47. The Balaban J connectivity index is 1.92. The molecule has 1 aliphatic heterocycles. The van der Waals surface area contributed by atoms with Crippen molar-refractivity contribution in [3.63, 3.8) is 0 Å². The molecule has 0 aromatic carbocycles. The van der Waals surface area contributed by atoms with Gasteiger partial charge in [0.15, 0.2) is 0 Å². The van der Waals surface area contributed by atoms with Crippen molar-refractivity contribution in [3.05, 3.63) is 5.51 Å². The lowest BCUT2D eigenvalue weighted by atomic mass is 9.99. The molecular formula is C8H12ClN3S. The Morgan fingerprint density at radius 3 is 2.85 bits per heavy atom. The number of hydrogen-bond donors (Lipinski definition) is 0. The fourth-order valence-electron chi connectivity index (χ4n) is 1.58. The van der Waals surface area contributed by atoms with Crippen molar-refractivity contribution in [2.75, 3.05) is 23.9 Å². The van der Waals surface area contributed by atoms with Crippen LogP contribution in [0.1, 0.15) is 12.8 Å². The number of alkyl halides is 1. The molecule has 2 rings (SSSR count). The quantitative estimate of drug-likeness (QED) is 0.710. The Labute approximate surface area is 86.7 Å². The molecule has 5 heteroatoms. The molecule has 0 bridgehead atoms. The Morgan fingerprint density at radius 1 is 1.54 bits per heavy atom. The van der Waals surface area contributed by atoms with E-state index in [-0.39, 0.29) is 0 Å². The maximum atomic E-state index is 5.81. The maximum absolute atomic E-state index is 5.81. The highest BCUT2D eigenvalue weighted by molar-refractivity contribution is 7.13. The van der Waals surface area contributed by atoms with Crippen molar-refractivity contribution in [1.29, 1.82) is 0 Å². The lowest BCUT2D eigenvalue weighted by molar-refractivity contribution is 0.442. The molecule has 1 aromatic heterocycles. The van der Waals surface area contributed by atoms with Crippen LogP contribution in [0.2, 0.25) is 0 Å². The molecule has 0 atom stereocenters.